The van der Waals surface area contributed by atoms with E-state index in [0.29, 0.717) is 5.92 Å². The van der Waals surface area contributed by atoms with Crippen LogP contribution in [0, 0.1) is 0 Å². The predicted octanol–water partition coefficient (Wildman–Crippen LogP) is 7.96. The number of hydrogen-bond acceptors (Lipinski definition) is 0. The maximum atomic E-state index is 3.85. The first kappa shape index (κ1) is 20.0. The van der Waals surface area contributed by atoms with E-state index < -0.39 is 0 Å². The van der Waals surface area contributed by atoms with Gasteiger partial charge in [0.25, 0.3) is 0 Å². The van der Waals surface area contributed by atoms with Crippen molar-refractivity contribution < 1.29 is 0 Å². The van der Waals surface area contributed by atoms with Crippen molar-refractivity contribution in [2.75, 3.05) is 0 Å². The fourth-order valence-electron chi connectivity index (χ4n) is 4.82. The molecule has 1 aliphatic rings. The molecule has 0 bridgehead atoms. The Morgan fingerprint density at radius 3 is 2.52 bits per heavy atom. The summed E-state index contributed by atoms with van der Waals surface area (Å²) in [5, 5.41) is 2.79. The van der Waals surface area contributed by atoms with Gasteiger partial charge in [-0.25, -0.2) is 0 Å². The molecule has 0 heterocycles. The third-order valence-electron chi connectivity index (χ3n) is 6.61. The van der Waals surface area contributed by atoms with Gasteiger partial charge in [-0.05, 0) is 89.5 Å². The molecule has 0 radical (unpaired) electrons. The van der Waals surface area contributed by atoms with Gasteiger partial charge in [-0.1, -0.05) is 80.4 Å². The monoisotopic (exact) mass is 382 g/mol. The summed E-state index contributed by atoms with van der Waals surface area (Å²) in [6.07, 6.45) is 13.0. The van der Waals surface area contributed by atoms with Gasteiger partial charge in [-0.2, -0.15) is 0 Å². The van der Waals surface area contributed by atoms with Crippen molar-refractivity contribution in [1.29, 1.82) is 0 Å². The van der Waals surface area contributed by atoms with Crippen molar-refractivity contribution >= 4 is 10.8 Å². The smallest absolute Gasteiger partial charge is 0.0118 e. The highest BCUT2D eigenvalue weighted by atomic mass is 14.2. The summed E-state index contributed by atoms with van der Waals surface area (Å²) in [4.78, 5) is 0. The minimum absolute atomic E-state index is 0.648. The van der Waals surface area contributed by atoms with E-state index >= 15 is 0 Å². The van der Waals surface area contributed by atoms with E-state index in [9.17, 15) is 0 Å². The van der Waals surface area contributed by atoms with E-state index in [1.165, 1.54) is 72.4 Å². The maximum Gasteiger partial charge on any atom is -0.0118 e. The van der Waals surface area contributed by atoms with Crippen LogP contribution in [-0.4, -0.2) is 0 Å². The van der Waals surface area contributed by atoms with Crippen LogP contribution in [0.25, 0.3) is 10.8 Å². The van der Waals surface area contributed by atoms with E-state index in [2.05, 4.69) is 68.1 Å². The SMILES string of the molecule is C=CCCc1ccc2c(c1)CCC(c1ccc3cc(CCCCC)ccc3c1)C2. The lowest BCUT2D eigenvalue weighted by atomic mass is 9.79. The standard InChI is InChI=1S/C29H34/c1-3-5-7-9-23-11-13-27-21-29(17-15-25(27)19-23)28-16-14-24-18-22(8-6-4-2)10-12-26(24)20-28/h4,10-13,15,17-19,21,28H,2-3,5-9,14,16,20H2,1H3. The Balaban J connectivity index is 1.48. The second-order valence-electron chi connectivity index (χ2n) is 8.77. The second-order valence-corrected chi connectivity index (χ2v) is 8.77. The molecule has 0 fully saturated rings. The normalized spacial score (nSPS) is 16.0. The average Bonchev–Trinajstić information content (AvgIpc) is 2.77. The molecule has 0 spiro atoms. The molecule has 3 aromatic rings. The van der Waals surface area contributed by atoms with Crippen molar-refractivity contribution in [2.24, 2.45) is 0 Å². The average molecular weight is 383 g/mol. The van der Waals surface area contributed by atoms with Gasteiger partial charge in [-0.3, -0.25) is 0 Å². The molecule has 3 aromatic carbocycles. The highest BCUT2D eigenvalue weighted by Gasteiger charge is 2.20. The van der Waals surface area contributed by atoms with Gasteiger partial charge < -0.3 is 0 Å². The minimum atomic E-state index is 0.648. The number of benzene rings is 3. The highest BCUT2D eigenvalue weighted by molar-refractivity contribution is 5.84. The van der Waals surface area contributed by atoms with Crippen LogP contribution in [0.3, 0.4) is 0 Å². The van der Waals surface area contributed by atoms with Crippen LogP contribution in [0.1, 0.15) is 72.8 Å². The Bertz CT molecular complexity index is 978. The van der Waals surface area contributed by atoms with Crippen LogP contribution in [0.2, 0.25) is 0 Å². The largest absolute Gasteiger partial charge is 0.103 e. The van der Waals surface area contributed by atoms with Crippen molar-refractivity contribution in [3.8, 4) is 0 Å². The van der Waals surface area contributed by atoms with E-state index in [4.69, 9.17) is 0 Å². The quantitative estimate of drug-likeness (QED) is 0.274. The van der Waals surface area contributed by atoms with Crippen molar-refractivity contribution in [1.82, 2.24) is 0 Å². The fraction of sp³-hybridized carbons (Fsp3) is 0.379. The molecule has 0 N–H and O–H groups in total. The van der Waals surface area contributed by atoms with Gasteiger partial charge in [0.15, 0.2) is 0 Å². The number of fused-ring (bicyclic) bond motifs is 2. The Morgan fingerprint density at radius 1 is 0.862 bits per heavy atom. The van der Waals surface area contributed by atoms with Crippen molar-refractivity contribution in [3.05, 3.63) is 95.1 Å². The minimum Gasteiger partial charge on any atom is -0.103 e. The molecule has 0 heteroatoms. The first-order valence-corrected chi connectivity index (χ1v) is 11.5. The topological polar surface area (TPSA) is 0 Å². The molecule has 0 aliphatic heterocycles. The Kier molecular flexibility index (Phi) is 6.49. The second kappa shape index (κ2) is 9.44. The van der Waals surface area contributed by atoms with E-state index in [1.54, 1.807) is 11.1 Å². The van der Waals surface area contributed by atoms with Gasteiger partial charge in [-0.15, -0.1) is 6.58 Å². The third-order valence-corrected chi connectivity index (χ3v) is 6.61. The lowest BCUT2D eigenvalue weighted by Crippen LogP contribution is -2.13. The molecule has 0 amide bonds. The number of hydrogen-bond donors (Lipinski definition) is 0. The van der Waals surface area contributed by atoms with Crippen LogP contribution in [0.15, 0.2) is 67.3 Å². The molecule has 0 aromatic heterocycles. The molecule has 150 valence electrons. The number of rotatable bonds is 8. The van der Waals surface area contributed by atoms with Gasteiger partial charge in [0.1, 0.15) is 0 Å². The van der Waals surface area contributed by atoms with Crippen molar-refractivity contribution in [3.63, 3.8) is 0 Å². The summed E-state index contributed by atoms with van der Waals surface area (Å²) in [6.45, 7) is 6.12. The molecule has 29 heavy (non-hydrogen) atoms. The molecule has 0 saturated carbocycles. The summed E-state index contributed by atoms with van der Waals surface area (Å²) in [5.74, 6) is 0.648. The lowest BCUT2D eigenvalue weighted by molar-refractivity contribution is 0.585. The highest BCUT2D eigenvalue weighted by Crippen LogP contribution is 2.34. The predicted molar refractivity (Wildman–Crippen MR) is 127 cm³/mol. The summed E-state index contributed by atoms with van der Waals surface area (Å²) >= 11 is 0. The van der Waals surface area contributed by atoms with Crippen LogP contribution in [-0.2, 0) is 25.7 Å². The summed E-state index contributed by atoms with van der Waals surface area (Å²) in [6, 6.07) is 21.4. The van der Waals surface area contributed by atoms with Crippen molar-refractivity contribution in [2.45, 2.75) is 70.6 Å². The molecular weight excluding hydrogens is 348 g/mol. The molecule has 1 aliphatic carbocycles. The summed E-state index contributed by atoms with van der Waals surface area (Å²) < 4.78 is 0. The summed E-state index contributed by atoms with van der Waals surface area (Å²) in [5.41, 5.74) is 7.58. The zero-order valence-electron chi connectivity index (χ0n) is 17.9. The molecule has 4 rings (SSSR count). The molecule has 1 unspecified atom stereocenters. The van der Waals surface area contributed by atoms with Crippen LogP contribution in [0.5, 0.6) is 0 Å². The molecular formula is C29H34. The van der Waals surface area contributed by atoms with Gasteiger partial charge in [0.05, 0.1) is 0 Å². The summed E-state index contributed by atoms with van der Waals surface area (Å²) in [7, 11) is 0. The fourth-order valence-corrected chi connectivity index (χ4v) is 4.82. The van der Waals surface area contributed by atoms with Crippen LogP contribution < -0.4 is 0 Å². The van der Waals surface area contributed by atoms with Crippen LogP contribution in [0.4, 0.5) is 0 Å². The number of unbranched alkanes of at least 4 members (excludes halogenated alkanes) is 2. The maximum absolute atomic E-state index is 3.85. The molecule has 0 saturated heterocycles. The first-order valence-electron chi connectivity index (χ1n) is 11.5. The number of aryl methyl sites for hydroxylation is 3. The Hall–Kier alpha value is -2.34. The zero-order valence-corrected chi connectivity index (χ0v) is 17.9. The lowest BCUT2D eigenvalue weighted by Gasteiger charge is -2.26. The molecule has 0 nitrogen and oxygen atoms in total. The molecule has 1 atom stereocenters. The van der Waals surface area contributed by atoms with Gasteiger partial charge in [0.2, 0.25) is 0 Å². The Labute approximate surface area is 176 Å². The number of allylic oxidation sites excluding steroid dienone is 1. The zero-order chi connectivity index (χ0) is 20.1. The first-order chi connectivity index (χ1) is 14.3. The van der Waals surface area contributed by atoms with E-state index in [-0.39, 0.29) is 0 Å². The Morgan fingerprint density at radius 2 is 1.66 bits per heavy atom. The van der Waals surface area contributed by atoms with E-state index in [0.717, 1.165) is 12.8 Å². The van der Waals surface area contributed by atoms with E-state index in [1.807, 2.05) is 6.08 Å². The van der Waals surface area contributed by atoms with Crippen LogP contribution >= 0.6 is 0 Å². The van der Waals surface area contributed by atoms with Gasteiger partial charge in [0, 0.05) is 0 Å². The third kappa shape index (κ3) is 4.81. The van der Waals surface area contributed by atoms with Gasteiger partial charge >= 0.3 is 0 Å².